The van der Waals surface area contributed by atoms with E-state index < -0.39 is 5.92 Å². The molecule has 1 atom stereocenters. The number of esters is 2. The first-order chi connectivity index (χ1) is 19.1. The monoisotopic (exact) mass is 570 g/mol. The Morgan fingerprint density at radius 3 is 1.69 bits per heavy atom. The first-order valence-electron chi connectivity index (χ1n) is 16.5. The zero-order valence-electron chi connectivity index (χ0n) is 25.9. The van der Waals surface area contributed by atoms with Crippen molar-refractivity contribution in [2.45, 2.75) is 168 Å². The van der Waals surface area contributed by atoms with E-state index in [2.05, 4.69) is 20.8 Å². The van der Waals surface area contributed by atoms with Crippen molar-refractivity contribution in [2.24, 2.45) is 5.92 Å². The SMILES string of the molecule is CCCCCCCCOC(=O)CCSCC(CC=O)C(=O)OC(CCCCCCCC)CCCCCCCC. The molecule has 0 fully saturated rings. The van der Waals surface area contributed by atoms with Crippen LogP contribution in [0.3, 0.4) is 0 Å². The van der Waals surface area contributed by atoms with Crippen LogP contribution in [0, 0.1) is 5.92 Å². The fourth-order valence-electron chi connectivity index (χ4n) is 4.70. The lowest BCUT2D eigenvalue weighted by atomic mass is 10.0. The van der Waals surface area contributed by atoms with E-state index in [-0.39, 0.29) is 24.5 Å². The summed E-state index contributed by atoms with van der Waals surface area (Å²) in [4.78, 5) is 36.3. The Morgan fingerprint density at radius 2 is 1.18 bits per heavy atom. The number of ether oxygens (including phenoxy) is 2. The molecule has 0 aromatic carbocycles. The standard InChI is InChI=1S/C33H62O5S/c1-4-7-10-13-16-19-22-31(23-20-17-14-11-8-5-2)38-33(36)30(24-26-34)29-39-28-25-32(35)37-27-21-18-15-12-9-6-3/h26,30-31H,4-25,27-29H2,1-3H3. The Hall–Kier alpha value is -1.04. The summed E-state index contributed by atoms with van der Waals surface area (Å²) >= 11 is 1.54. The van der Waals surface area contributed by atoms with Gasteiger partial charge in [-0.05, 0) is 32.1 Å². The molecule has 0 aliphatic heterocycles. The van der Waals surface area contributed by atoms with Gasteiger partial charge in [0.05, 0.1) is 18.9 Å². The fourth-order valence-corrected chi connectivity index (χ4v) is 5.73. The minimum atomic E-state index is -0.441. The molecule has 0 aromatic rings. The molecule has 1 unspecified atom stereocenters. The molecule has 0 aromatic heterocycles. The van der Waals surface area contributed by atoms with Crippen LogP contribution in [0.4, 0.5) is 0 Å². The fraction of sp³-hybridized carbons (Fsp3) is 0.909. The molecule has 0 saturated carbocycles. The highest BCUT2D eigenvalue weighted by molar-refractivity contribution is 7.99. The molecular formula is C33H62O5S. The van der Waals surface area contributed by atoms with Crippen LogP contribution in [0.25, 0.3) is 0 Å². The number of aldehydes is 1. The van der Waals surface area contributed by atoms with Gasteiger partial charge < -0.3 is 14.3 Å². The lowest BCUT2D eigenvalue weighted by Crippen LogP contribution is -2.26. The summed E-state index contributed by atoms with van der Waals surface area (Å²) < 4.78 is 11.3. The van der Waals surface area contributed by atoms with Crippen LogP contribution < -0.4 is 0 Å². The molecule has 6 heteroatoms. The molecule has 0 amide bonds. The topological polar surface area (TPSA) is 69.7 Å². The number of hydrogen-bond donors (Lipinski definition) is 0. The van der Waals surface area contributed by atoms with Gasteiger partial charge in [-0.3, -0.25) is 9.59 Å². The van der Waals surface area contributed by atoms with Gasteiger partial charge in [0.15, 0.2) is 0 Å². The largest absolute Gasteiger partial charge is 0.466 e. The molecule has 0 saturated heterocycles. The van der Waals surface area contributed by atoms with Crippen LogP contribution in [-0.2, 0) is 23.9 Å². The minimum absolute atomic E-state index is 0.0500. The number of unbranched alkanes of at least 4 members (excludes halogenated alkanes) is 15. The summed E-state index contributed by atoms with van der Waals surface area (Å²) in [5.74, 6) is 0.230. The van der Waals surface area contributed by atoms with Gasteiger partial charge in [-0.2, -0.15) is 11.8 Å². The van der Waals surface area contributed by atoms with Gasteiger partial charge in [-0.25, -0.2) is 0 Å². The highest BCUT2D eigenvalue weighted by Crippen LogP contribution is 2.21. The van der Waals surface area contributed by atoms with Crippen molar-refractivity contribution in [1.29, 1.82) is 0 Å². The van der Waals surface area contributed by atoms with Crippen LogP contribution in [0.1, 0.15) is 162 Å². The second-order valence-electron chi connectivity index (χ2n) is 11.1. The van der Waals surface area contributed by atoms with Crippen molar-refractivity contribution in [3.8, 4) is 0 Å². The summed E-state index contributed by atoms with van der Waals surface area (Å²) in [6.45, 7) is 7.16. The highest BCUT2D eigenvalue weighted by atomic mass is 32.2. The summed E-state index contributed by atoms with van der Waals surface area (Å²) in [5, 5.41) is 0. The van der Waals surface area contributed by atoms with Crippen molar-refractivity contribution < 1.29 is 23.9 Å². The van der Waals surface area contributed by atoms with E-state index in [1.54, 1.807) is 0 Å². The third-order valence-corrected chi connectivity index (χ3v) is 8.42. The first kappa shape index (κ1) is 38.0. The maximum absolute atomic E-state index is 13.0. The third-order valence-electron chi connectivity index (χ3n) is 7.29. The van der Waals surface area contributed by atoms with E-state index in [1.165, 1.54) is 102 Å². The Kier molecular flexibility index (Phi) is 29.1. The number of rotatable bonds is 30. The van der Waals surface area contributed by atoms with Crippen LogP contribution in [0.2, 0.25) is 0 Å². The molecule has 0 radical (unpaired) electrons. The summed E-state index contributed by atoms with van der Waals surface area (Å²) in [6.07, 6.45) is 24.8. The van der Waals surface area contributed by atoms with Crippen LogP contribution in [0.15, 0.2) is 0 Å². The molecule has 0 heterocycles. The molecule has 230 valence electrons. The lowest BCUT2D eigenvalue weighted by molar-refractivity contribution is -0.154. The zero-order chi connectivity index (χ0) is 28.8. The number of carbonyl (C=O) groups excluding carboxylic acids is 3. The Bertz CT molecular complexity index is 552. The third kappa shape index (κ3) is 25.7. The Balaban J connectivity index is 4.42. The van der Waals surface area contributed by atoms with Crippen molar-refractivity contribution in [1.82, 2.24) is 0 Å². The van der Waals surface area contributed by atoms with Gasteiger partial charge in [0.1, 0.15) is 12.4 Å². The molecule has 0 aliphatic rings. The number of hydrogen-bond acceptors (Lipinski definition) is 6. The first-order valence-corrected chi connectivity index (χ1v) is 17.6. The van der Waals surface area contributed by atoms with Crippen molar-refractivity contribution >= 4 is 30.0 Å². The average molecular weight is 571 g/mol. The van der Waals surface area contributed by atoms with Crippen molar-refractivity contribution in [2.75, 3.05) is 18.1 Å². The Morgan fingerprint density at radius 1 is 0.692 bits per heavy atom. The van der Waals surface area contributed by atoms with E-state index in [9.17, 15) is 14.4 Å². The molecular weight excluding hydrogens is 508 g/mol. The van der Waals surface area contributed by atoms with Crippen molar-refractivity contribution in [3.05, 3.63) is 0 Å². The van der Waals surface area contributed by atoms with Crippen LogP contribution >= 0.6 is 11.8 Å². The van der Waals surface area contributed by atoms with Gasteiger partial charge in [-0.1, -0.05) is 117 Å². The van der Waals surface area contributed by atoms with Crippen molar-refractivity contribution in [3.63, 3.8) is 0 Å². The number of thioether (sulfide) groups is 1. The van der Waals surface area contributed by atoms with Gasteiger partial charge in [-0.15, -0.1) is 0 Å². The normalized spacial score (nSPS) is 12.0. The average Bonchev–Trinajstić information content (AvgIpc) is 2.93. The minimum Gasteiger partial charge on any atom is -0.466 e. The predicted molar refractivity (Wildman–Crippen MR) is 166 cm³/mol. The molecule has 5 nitrogen and oxygen atoms in total. The highest BCUT2D eigenvalue weighted by Gasteiger charge is 2.23. The van der Waals surface area contributed by atoms with Crippen LogP contribution in [-0.4, -0.2) is 42.4 Å². The van der Waals surface area contributed by atoms with E-state index in [0.717, 1.165) is 44.8 Å². The van der Waals surface area contributed by atoms with E-state index in [1.807, 2.05) is 0 Å². The summed E-state index contributed by atoms with van der Waals surface area (Å²) in [7, 11) is 0. The second kappa shape index (κ2) is 29.9. The second-order valence-corrected chi connectivity index (χ2v) is 12.2. The molecule has 0 aliphatic carbocycles. The van der Waals surface area contributed by atoms with Gasteiger partial charge in [0, 0.05) is 17.9 Å². The lowest BCUT2D eigenvalue weighted by Gasteiger charge is -2.21. The molecule has 0 rings (SSSR count). The van der Waals surface area contributed by atoms with E-state index in [4.69, 9.17) is 9.47 Å². The predicted octanol–water partition coefficient (Wildman–Crippen LogP) is 9.63. The van der Waals surface area contributed by atoms with Gasteiger partial charge in [0.25, 0.3) is 0 Å². The number of carbonyl (C=O) groups is 3. The van der Waals surface area contributed by atoms with E-state index in [0.29, 0.717) is 24.5 Å². The van der Waals surface area contributed by atoms with E-state index >= 15 is 0 Å². The molecule has 0 N–H and O–H groups in total. The summed E-state index contributed by atoms with van der Waals surface area (Å²) in [6, 6.07) is 0. The summed E-state index contributed by atoms with van der Waals surface area (Å²) in [5.41, 5.74) is 0. The van der Waals surface area contributed by atoms with Gasteiger partial charge in [0.2, 0.25) is 0 Å². The maximum atomic E-state index is 13.0. The molecule has 0 spiro atoms. The smallest absolute Gasteiger partial charge is 0.310 e. The Labute approximate surface area is 245 Å². The maximum Gasteiger partial charge on any atom is 0.310 e. The van der Waals surface area contributed by atoms with Crippen LogP contribution in [0.5, 0.6) is 0 Å². The van der Waals surface area contributed by atoms with Gasteiger partial charge >= 0.3 is 11.9 Å². The quantitative estimate of drug-likeness (QED) is 0.0486. The molecule has 39 heavy (non-hydrogen) atoms. The zero-order valence-corrected chi connectivity index (χ0v) is 26.7. The molecule has 0 bridgehead atoms.